The number of carbonyl (C=O) groups is 1. The zero-order chi connectivity index (χ0) is 16.3. The lowest BCUT2D eigenvalue weighted by atomic mass is 10.1. The first-order valence-electron chi connectivity index (χ1n) is 6.55. The van der Waals surface area contributed by atoms with Crippen LogP contribution in [0, 0.1) is 10.1 Å². The Hall–Kier alpha value is -2.96. The van der Waals surface area contributed by atoms with Crippen LogP contribution in [-0.2, 0) is 18.3 Å². The molecule has 0 bridgehead atoms. The third kappa shape index (κ3) is 3.20. The predicted molar refractivity (Wildman–Crippen MR) is 79.7 cm³/mol. The Labute approximate surface area is 125 Å². The van der Waals surface area contributed by atoms with Crippen LogP contribution in [0.5, 0.6) is 0 Å². The van der Waals surface area contributed by atoms with Crippen LogP contribution in [0.4, 0.5) is 5.69 Å². The SMILES string of the molecule is Cn1c(-c2ccc([N+](=O)[O-])cc2)ccc(CCC(=O)O)c1=O. The molecule has 7 nitrogen and oxygen atoms in total. The molecule has 22 heavy (non-hydrogen) atoms. The van der Waals surface area contributed by atoms with E-state index in [1.54, 1.807) is 31.3 Å². The van der Waals surface area contributed by atoms with E-state index >= 15 is 0 Å². The molecule has 0 radical (unpaired) electrons. The van der Waals surface area contributed by atoms with Gasteiger partial charge in [-0.3, -0.25) is 19.7 Å². The average molecular weight is 302 g/mol. The lowest BCUT2D eigenvalue weighted by molar-refractivity contribution is -0.384. The number of carboxylic acid groups (broad SMARTS) is 1. The number of hydrogen-bond acceptors (Lipinski definition) is 4. The normalized spacial score (nSPS) is 10.4. The molecule has 0 aliphatic carbocycles. The molecule has 2 rings (SSSR count). The molecule has 0 atom stereocenters. The monoisotopic (exact) mass is 302 g/mol. The first-order valence-corrected chi connectivity index (χ1v) is 6.55. The Bertz CT molecular complexity index is 778. The van der Waals surface area contributed by atoms with Crippen LogP contribution in [0.25, 0.3) is 11.3 Å². The first kappa shape index (κ1) is 15.4. The Kier molecular flexibility index (Phi) is 4.36. The van der Waals surface area contributed by atoms with Crippen molar-refractivity contribution in [1.29, 1.82) is 0 Å². The number of hydrogen-bond donors (Lipinski definition) is 1. The van der Waals surface area contributed by atoms with Gasteiger partial charge in [0.2, 0.25) is 0 Å². The fraction of sp³-hybridized carbons (Fsp3) is 0.200. The molecular weight excluding hydrogens is 288 g/mol. The topological polar surface area (TPSA) is 102 Å². The number of aryl methyl sites for hydroxylation is 1. The minimum Gasteiger partial charge on any atom is -0.481 e. The van der Waals surface area contributed by atoms with Crippen LogP contribution in [0.2, 0.25) is 0 Å². The van der Waals surface area contributed by atoms with Crippen molar-refractivity contribution in [2.45, 2.75) is 12.8 Å². The summed E-state index contributed by atoms with van der Waals surface area (Å²) in [4.78, 5) is 32.9. The highest BCUT2D eigenvalue weighted by Gasteiger charge is 2.11. The maximum absolute atomic E-state index is 12.2. The molecule has 0 saturated heterocycles. The van der Waals surface area contributed by atoms with Crippen LogP contribution in [0.1, 0.15) is 12.0 Å². The van der Waals surface area contributed by atoms with E-state index in [0.717, 1.165) is 0 Å². The second-order valence-electron chi connectivity index (χ2n) is 4.81. The number of aliphatic carboxylic acids is 1. The predicted octanol–water partition coefficient (Wildman–Crippen LogP) is 1.98. The number of non-ortho nitro benzene ring substituents is 1. The molecule has 0 aliphatic heterocycles. The number of carboxylic acids is 1. The summed E-state index contributed by atoms with van der Waals surface area (Å²) in [7, 11) is 1.59. The molecule has 1 aromatic heterocycles. The molecule has 0 amide bonds. The third-order valence-electron chi connectivity index (χ3n) is 3.37. The Morgan fingerprint density at radius 3 is 2.41 bits per heavy atom. The Morgan fingerprint density at radius 1 is 1.23 bits per heavy atom. The maximum atomic E-state index is 12.2. The Balaban J connectivity index is 2.36. The fourth-order valence-corrected chi connectivity index (χ4v) is 2.16. The van der Waals surface area contributed by atoms with Crippen LogP contribution in [0.15, 0.2) is 41.2 Å². The second-order valence-corrected chi connectivity index (χ2v) is 4.81. The number of pyridine rings is 1. The van der Waals surface area contributed by atoms with Crippen molar-refractivity contribution in [2.75, 3.05) is 0 Å². The van der Waals surface area contributed by atoms with Crippen LogP contribution < -0.4 is 5.56 Å². The minimum absolute atomic E-state index is 0.0215. The van der Waals surface area contributed by atoms with Crippen molar-refractivity contribution in [2.24, 2.45) is 7.05 Å². The van der Waals surface area contributed by atoms with E-state index in [1.165, 1.54) is 16.7 Å². The van der Waals surface area contributed by atoms with Crippen molar-refractivity contribution < 1.29 is 14.8 Å². The highest BCUT2D eigenvalue weighted by Crippen LogP contribution is 2.21. The van der Waals surface area contributed by atoms with E-state index in [4.69, 9.17) is 5.11 Å². The van der Waals surface area contributed by atoms with Crippen molar-refractivity contribution >= 4 is 11.7 Å². The molecular formula is C15H14N2O5. The van der Waals surface area contributed by atoms with Gasteiger partial charge in [-0.15, -0.1) is 0 Å². The van der Waals surface area contributed by atoms with E-state index in [1.807, 2.05) is 0 Å². The van der Waals surface area contributed by atoms with Gasteiger partial charge in [-0.25, -0.2) is 0 Å². The van der Waals surface area contributed by atoms with Gasteiger partial charge in [0.25, 0.3) is 11.2 Å². The lowest BCUT2D eigenvalue weighted by Crippen LogP contribution is -2.22. The van der Waals surface area contributed by atoms with Crippen molar-refractivity contribution in [3.8, 4) is 11.3 Å². The van der Waals surface area contributed by atoms with Crippen LogP contribution in [-0.4, -0.2) is 20.6 Å². The van der Waals surface area contributed by atoms with E-state index < -0.39 is 10.9 Å². The molecule has 1 aromatic carbocycles. The summed E-state index contributed by atoms with van der Waals surface area (Å²) in [5, 5.41) is 19.3. The summed E-state index contributed by atoms with van der Waals surface area (Å²) >= 11 is 0. The highest BCUT2D eigenvalue weighted by atomic mass is 16.6. The number of benzene rings is 1. The van der Waals surface area contributed by atoms with Gasteiger partial charge in [-0.05, 0) is 30.2 Å². The van der Waals surface area contributed by atoms with E-state index in [9.17, 15) is 19.7 Å². The Morgan fingerprint density at radius 2 is 1.86 bits per heavy atom. The van der Waals surface area contributed by atoms with E-state index in [2.05, 4.69) is 0 Å². The summed E-state index contributed by atoms with van der Waals surface area (Å²) in [6.45, 7) is 0. The number of rotatable bonds is 5. The lowest BCUT2D eigenvalue weighted by Gasteiger charge is -2.10. The number of aromatic nitrogens is 1. The molecule has 114 valence electrons. The molecule has 1 N–H and O–H groups in total. The molecule has 0 spiro atoms. The first-order chi connectivity index (χ1) is 10.4. The van der Waals surface area contributed by atoms with E-state index in [0.29, 0.717) is 16.8 Å². The van der Waals surface area contributed by atoms with Gasteiger partial charge in [0, 0.05) is 31.2 Å². The maximum Gasteiger partial charge on any atom is 0.303 e. The van der Waals surface area contributed by atoms with Crippen molar-refractivity contribution in [1.82, 2.24) is 4.57 Å². The number of nitrogens with zero attached hydrogens (tertiary/aromatic N) is 2. The largest absolute Gasteiger partial charge is 0.481 e. The van der Waals surface area contributed by atoms with Crippen molar-refractivity contribution in [3.05, 3.63) is 62.4 Å². The van der Waals surface area contributed by atoms with Crippen LogP contribution >= 0.6 is 0 Å². The van der Waals surface area contributed by atoms with Gasteiger partial charge < -0.3 is 9.67 Å². The molecule has 0 aliphatic rings. The highest BCUT2D eigenvalue weighted by molar-refractivity contribution is 5.67. The quantitative estimate of drug-likeness (QED) is 0.672. The fourth-order valence-electron chi connectivity index (χ4n) is 2.16. The zero-order valence-corrected chi connectivity index (χ0v) is 11.9. The molecule has 1 heterocycles. The second kappa shape index (κ2) is 6.21. The van der Waals surface area contributed by atoms with Crippen LogP contribution in [0.3, 0.4) is 0 Å². The summed E-state index contributed by atoms with van der Waals surface area (Å²) in [5.74, 6) is -0.957. The van der Waals surface area contributed by atoms with Gasteiger partial charge in [-0.1, -0.05) is 6.07 Å². The standard InChI is InChI=1S/C15H14N2O5/c1-16-13(10-2-6-12(7-3-10)17(21)22)8-4-11(15(16)20)5-9-14(18)19/h2-4,6-8H,5,9H2,1H3,(H,18,19). The summed E-state index contributed by atoms with van der Waals surface area (Å²) in [5.41, 5.74) is 1.42. The van der Waals surface area contributed by atoms with Gasteiger partial charge in [-0.2, -0.15) is 0 Å². The summed E-state index contributed by atoms with van der Waals surface area (Å²) in [6.07, 6.45) is 0.0642. The number of nitro benzene ring substituents is 1. The van der Waals surface area contributed by atoms with E-state index in [-0.39, 0.29) is 24.1 Å². The van der Waals surface area contributed by atoms with Gasteiger partial charge >= 0.3 is 5.97 Å². The van der Waals surface area contributed by atoms with Gasteiger partial charge in [0.05, 0.1) is 10.6 Å². The molecule has 7 heteroatoms. The van der Waals surface area contributed by atoms with Gasteiger partial charge in [0.15, 0.2) is 0 Å². The molecule has 0 saturated carbocycles. The smallest absolute Gasteiger partial charge is 0.303 e. The summed E-state index contributed by atoms with van der Waals surface area (Å²) < 4.78 is 1.42. The minimum atomic E-state index is -0.957. The molecule has 0 unspecified atom stereocenters. The number of nitro groups is 1. The van der Waals surface area contributed by atoms with Gasteiger partial charge in [0.1, 0.15) is 0 Å². The average Bonchev–Trinajstić information content (AvgIpc) is 2.49. The zero-order valence-electron chi connectivity index (χ0n) is 11.9. The van der Waals surface area contributed by atoms with Crippen molar-refractivity contribution in [3.63, 3.8) is 0 Å². The third-order valence-corrected chi connectivity index (χ3v) is 3.37. The summed E-state index contributed by atoms with van der Waals surface area (Å²) in [6, 6.07) is 9.20. The molecule has 2 aromatic rings. The molecule has 0 fully saturated rings.